The van der Waals surface area contributed by atoms with Gasteiger partial charge in [-0.2, -0.15) is 0 Å². The highest BCUT2D eigenvalue weighted by molar-refractivity contribution is 7.85. The SMILES string of the molecule is C[C@@H]1C[C@H](N=S(C)C)CN(c2cc(-c3cnc(/C=C\C(=N)C(F)F)[nH]3)ncn2)C1. The van der Waals surface area contributed by atoms with Gasteiger partial charge in [-0.3, -0.25) is 9.77 Å². The number of aromatic nitrogens is 4. The molecule has 3 heterocycles. The van der Waals surface area contributed by atoms with Crippen molar-refractivity contribution in [1.82, 2.24) is 19.9 Å². The van der Waals surface area contributed by atoms with E-state index in [9.17, 15) is 8.78 Å². The minimum Gasteiger partial charge on any atom is -0.354 e. The predicted molar refractivity (Wildman–Crippen MR) is 114 cm³/mol. The third-order valence-corrected chi connectivity index (χ3v) is 5.22. The van der Waals surface area contributed by atoms with E-state index in [-0.39, 0.29) is 10.7 Å². The van der Waals surface area contributed by atoms with Crippen molar-refractivity contribution in [3.05, 3.63) is 30.5 Å². The van der Waals surface area contributed by atoms with Gasteiger partial charge in [-0.05, 0) is 37.0 Å². The maximum absolute atomic E-state index is 12.4. The number of rotatable bonds is 6. The van der Waals surface area contributed by atoms with Crippen molar-refractivity contribution in [2.45, 2.75) is 25.8 Å². The van der Waals surface area contributed by atoms with Gasteiger partial charge in [0, 0.05) is 19.2 Å². The fourth-order valence-corrected chi connectivity index (χ4v) is 4.09. The van der Waals surface area contributed by atoms with Crippen LogP contribution < -0.4 is 4.90 Å². The zero-order valence-corrected chi connectivity index (χ0v) is 17.5. The van der Waals surface area contributed by atoms with E-state index in [4.69, 9.17) is 9.77 Å². The lowest BCUT2D eigenvalue weighted by molar-refractivity contribution is 0.226. The first-order valence-electron chi connectivity index (χ1n) is 9.27. The smallest absolute Gasteiger partial charge is 0.279 e. The number of nitrogens with one attached hydrogen (secondary N) is 2. The summed E-state index contributed by atoms with van der Waals surface area (Å²) in [6.45, 7) is 3.97. The molecule has 0 saturated carbocycles. The molecule has 10 heteroatoms. The number of hydrogen-bond acceptors (Lipinski definition) is 6. The molecule has 0 bridgehead atoms. The van der Waals surface area contributed by atoms with Crippen molar-refractivity contribution in [3.8, 4) is 11.4 Å². The second kappa shape index (κ2) is 9.34. The fourth-order valence-electron chi connectivity index (χ4n) is 3.34. The standard InChI is InChI=1S/C19H25F2N7S/c1-12-6-13(27-29(2)3)10-28(9-12)18-7-15(24-11-25-18)16-8-23-17(26-16)5-4-14(22)19(20)21/h4-5,7-8,11-13,19,22H,6,9-10H2,1-3H3,(H,23,26)/b5-4-,22-14?/t12-,13+/m1/s1. The number of nitrogens with zero attached hydrogens (tertiary/aromatic N) is 5. The highest BCUT2D eigenvalue weighted by atomic mass is 32.2. The molecule has 0 amide bonds. The number of alkyl halides is 2. The third kappa shape index (κ3) is 5.75. The normalized spacial score (nSPS) is 20.0. The van der Waals surface area contributed by atoms with Gasteiger partial charge in [0.2, 0.25) is 0 Å². The molecule has 0 radical (unpaired) electrons. The van der Waals surface area contributed by atoms with E-state index < -0.39 is 12.1 Å². The van der Waals surface area contributed by atoms with Crippen molar-refractivity contribution in [3.63, 3.8) is 0 Å². The number of hydrogen-bond donors (Lipinski definition) is 2. The van der Waals surface area contributed by atoms with Crippen LogP contribution in [0.3, 0.4) is 0 Å². The van der Waals surface area contributed by atoms with Crippen LogP contribution in [0.2, 0.25) is 0 Å². The quantitative estimate of drug-likeness (QED) is 0.699. The Morgan fingerprint density at radius 3 is 2.86 bits per heavy atom. The number of halogens is 2. The van der Waals surface area contributed by atoms with E-state index in [2.05, 4.69) is 44.3 Å². The maximum Gasteiger partial charge on any atom is 0.279 e. The molecule has 2 atom stereocenters. The second-order valence-electron chi connectivity index (χ2n) is 7.31. The zero-order chi connectivity index (χ0) is 21.0. The van der Waals surface area contributed by atoms with Crippen LogP contribution in [0.25, 0.3) is 17.5 Å². The Bertz CT molecular complexity index is 921. The van der Waals surface area contributed by atoms with Crippen molar-refractivity contribution in [2.24, 2.45) is 10.3 Å². The molecule has 1 saturated heterocycles. The lowest BCUT2D eigenvalue weighted by Crippen LogP contribution is -2.42. The van der Waals surface area contributed by atoms with Gasteiger partial charge in [0.25, 0.3) is 6.43 Å². The Morgan fingerprint density at radius 1 is 1.34 bits per heavy atom. The summed E-state index contributed by atoms with van der Waals surface area (Å²) in [5.74, 6) is 1.74. The molecule has 2 N–H and O–H groups in total. The molecule has 1 fully saturated rings. The van der Waals surface area contributed by atoms with Gasteiger partial charge in [-0.15, -0.1) is 10.7 Å². The van der Waals surface area contributed by atoms with E-state index in [1.807, 2.05) is 6.07 Å². The van der Waals surface area contributed by atoms with Gasteiger partial charge < -0.3 is 9.88 Å². The van der Waals surface area contributed by atoms with Crippen LogP contribution in [0.5, 0.6) is 0 Å². The molecule has 0 aromatic carbocycles. The second-order valence-corrected chi connectivity index (χ2v) is 9.07. The van der Waals surface area contributed by atoms with Crippen molar-refractivity contribution in [1.29, 1.82) is 5.41 Å². The molecule has 1 aliphatic heterocycles. The summed E-state index contributed by atoms with van der Waals surface area (Å²) in [6.07, 6.45) is 8.03. The number of piperidine rings is 1. The van der Waals surface area contributed by atoms with Crippen LogP contribution in [-0.2, 0) is 10.7 Å². The van der Waals surface area contributed by atoms with Crippen molar-refractivity contribution < 1.29 is 8.78 Å². The summed E-state index contributed by atoms with van der Waals surface area (Å²) < 4.78 is 29.7. The lowest BCUT2D eigenvalue weighted by atomic mass is 9.96. The third-order valence-electron chi connectivity index (χ3n) is 4.50. The fraction of sp³-hybridized carbons (Fsp3) is 0.474. The van der Waals surface area contributed by atoms with E-state index in [1.54, 1.807) is 6.20 Å². The largest absolute Gasteiger partial charge is 0.354 e. The minimum atomic E-state index is -2.80. The van der Waals surface area contributed by atoms with Crippen LogP contribution in [0, 0.1) is 11.3 Å². The molecule has 0 spiro atoms. The van der Waals surface area contributed by atoms with Gasteiger partial charge in [-0.1, -0.05) is 6.92 Å². The first kappa shape index (κ1) is 21.2. The summed E-state index contributed by atoms with van der Waals surface area (Å²) in [5, 5.41) is 7.17. The Kier molecular flexibility index (Phi) is 6.83. The van der Waals surface area contributed by atoms with Crippen LogP contribution in [0.1, 0.15) is 19.2 Å². The Morgan fingerprint density at radius 2 is 2.14 bits per heavy atom. The lowest BCUT2D eigenvalue weighted by Gasteiger charge is -2.35. The topological polar surface area (TPSA) is 93.9 Å². The van der Waals surface area contributed by atoms with Gasteiger partial charge in [-0.25, -0.2) is 23.7 Å². The molecule has 2 aromatic rings. The van der Waals surface area contributed by atoms with Crippen molar-refractivity contribution >= 4 is 28.3 Å². The van der Waals surface area contributed by atoms with Gasteiger partial charge >= 0.3 is 0 Å². The predicted octanol–water partition coefficient (Wildman–Crippen LogP) is 3.44. The van der Waals surface area contributed by atoms with E-state index in [0.717, 1.165) is 31.4 Å². The minimum absolute atomic E-state index is 0.0445. The average Bonchev–Trinajstić information content (AvgIpc) is 3.14. The number of imidazole rings is 1. The zero-order valence-electron chi connectivity index (χ0n) is 16.6. The molecule has 156 valence electrons. The van der Waals surface area contributed by atoms with E-state index in [0.29, 0.717) is 29.2 Å². The number of H-pyrrole nitrogens is 1. The average molecular weight is 422 g/mol. The molecule has 29 heavy (non-hydrogen) atoms. The first-order valence-corrected chi connectivity index (χ1v) is 11.3. The molecular weight excluding hydrogens is 396 g/mol. The van der Waals surface area contributed by atoms with Gasteiger partial charge in [0.1, 0.15) is 18.0 Å². The highest BCUT2D eigenvalue weighted by Gasteiger charge is 2.25. The Hall–Kier alpha value is -2.49. The van der Waals surface area contributed by atoms with Crippen LogP contribution >= 0.6 is 0 Å². The van der Waals surface area contributed by atoms with E-state index in [1.165, 1.54) is 12.4 Å². The summed E-state index contributed by atoms with van der Waals surface area (Å²) in [7, 11) is 0.0445. The van der Waals surface area contributed by atoms with Crippen LogP contribution in [0.4, 0.5) is 14.6 Å². The monoisotopic (exact) mass is 421 g/mol. The molecule has 0 aliphatic carbocycles. The van der Waals surface area contributed by atoms with Gasteiger partial charge in [0.15, 0.2) is 0 Å². The first-order chi connectivity index (χ1) is 13.8. The summed E-state index contributed by atoms with van der Waals surface area (Å²) in [6, 6.07) is 2.19. The Balaban J connectivity index is 1.78. The molecule has 3 rings (SSSR count). The summed E-state index contributed by atoms with van der Waals surface area (Å²) in [4.78, 5) is 18.2. The van der Waals surface area contributed by atoms with Crippen molar-refractivity contribution in [2.75, 3.05) is 30.5 Å². The number of aromatic amines is 1. The highest BCUT2D eigenvalue weighted by Crippen LogP contribution is 2.26. The molecule has 1 aliphatic rings. The molecule has 2 aromatic heterocycles. The number of allylic oxidation sites excluding steroid dienone is 1. The van der Waals surface area contributed by atoms with Crippen LogP contribution in [-0.4, -0.2) is 63.7 Å². The van der Waals surface area contributed by atoms with Crippen LogP contribution in [0.15, 0.2) is 29.0 Å². The summed E-state index contributed by atoms with van der Waals surface area (Å²) >= 11 is 0. The van der Waals surface area contributed by atoms with E-state index >= 15 is 0 Å². The molecule has 0 unspecified atom stereocenters. The maximum atomic E-state index is 12.4. The van der Waals surface area contributed by atoms with Gasteiger partial charge in [0.05, 0.1) is 29.3 Å². The number of anilines is 1. The Labute approximate surface area is 171 Å². The summed E-state index contributed by atoms with van der Waals surface area (Å²) in [5.41, 5.74) is 0.573. The molecular formula is C19H25F2N7S. The molecule has 7 nitrogen and oxygen atoms in total.